The van der Waals surface area contributed by atoms with Gasteiger partial charge in [0.05, 0.1) is 5.92 Å². The Balaban J connectivity index is 2.02. The summed E-state index contributed by atoms with van der Waals surface area (Å²) in [7, 11) is 0. The van der Waals surface area contributed by atoms with E-state index in [2.05, 4.69) is 13.2 Å². The molecule has 3 aliphatic heterocycles. The summed E-state index contributed by atoms with van der Waals surface area (Å²) < 4.78 is 17.0. The minimum absolute atomic E-state index is 0.0959. The molecule has 0 saturated carbocycles. The second-order valence-electron chi connectivity index (χ2n) is 7.13. The van der Waals surface area contributed by atoms with Crippen LogP contribution in [0.15, 0.2) is 47.8 Å². The van der Waals surface area contributed by atoms with Gasteiger partial charge in [0.1, 0.15) is 18.0 Å². The maximum Gasteiger partial charge on any atom is 0.334 e. The molecular formula is C20H22O6. The highest BCUT2D eigenvalue weighted by Gasteiger charge is 2.52. The summed E-state index contributed by atoms with van der Waals surface area (Å²) >= 11 is 0. The molecule has 2 saturated heterocycles. The molecule has 2 bridgehead atoms. The van der Waals surface area contributed by atoms with Crippen molar-refractivity contribution in [2.75, 3.05) is 0 Å². The lowest BCUT2D eigenvalue weighted by molar-refractivity contribution is -0.153. The normalized spacial score (nSPS) is 34.2. The predicted octanol–water partition coefficient (Wildman–Crippen LogP) is 2.55. The maximum atomic E-state index is 12.5. The fraction of sp³-hybridized carbons (Fsp3) is 0.450. The Bertz CT molecular complexity index is 786. The Hall–Kier alpha value is -2.63. The molecular weight excluding hydrogens is 336 g/mol. The van der Waals surface area contributed by atoms with Gasteiger partial charge >= 0.3 is 11.9 Å². The molecule has 0 unspecified atom stereocenters. The number of carbonyl (C=O) groups is 3. The van der Waals surface area contributed by atoms with Crippen LogP contribution in [0.5, 0.6) is 0 Å². The smallest absolute Gasteiger partial charge is 0.334 e. The largest absolute Gasteiger partial charge is 0.479 e. The van der Waals surface area contributed by atoms with E-state index in [4.69, 9.17) is 14.2 Å². The molecule has 3 rings (SSSR count). The number of hydrogen-bond acceptors (Lipinski definition) is 6. The van der Waals surface area contributed by atoms with Crippen molar-refractivity contribution in [3.05, 3.63) is 47.8 Å². The van der Waals surface area contributed by atoms with E-state index in [1.54, 1.807) is 26.8 Å². The molecule has 0 aromatic rings. The molecule has 3 heterocycles. The van der Waals surface area contributed by atoms with Crippen molar-refractivity contribution >= 4 is 17.7 Å². The van der Waals surface area contributed by atoms with Crippen LogP contribution in [0.1, 0.15) is 33.6 Å². The quantitative estimate of drug-likeness (QED) is 0.558. The molecule has 6 nitrogen and oxygen atoms in total. The fourth-order valence-corrected chi connectivity index (χ4v) is 3.51. The zero-order valence-electron chi connectivity index (χ0n) is 15.2. The van der Waals surface area contributed by atoms with Gasteiger partial charge in [-0.3, -0.25) is 4.79 Å². The van der Waals surface area contributed by atoms with Crippen LogP contribution in [-0.4, -0.2) is 35.5 Å². The number of fused-ring (bicyclic) bond motifs is 3. The van der Waals surface area contributed by atoms with Gasteiger partial charge in [-0.25, -0.2) is 9.59 Å². The monoisotopic (exact) mass is 358 g/mol. The van der Waals surface area contributed by atoms with E-state index in [-0.39, 0.29) is 24.2 Å². The van der Waals surface area contributed by atoms with Crippen LogP contribution in [0.25, 0.3) is 0 Å². The Kier molecular flexibility index (Phi) is 4.38. The lowest BCUT2D eigenvalue weighted by Crippen LogP contribution is -2.43. The van der Waals surface area contributed by atoms with Crippen LogP contribution in [0.3, 0.4) is 0 Å². The van der Waals surface area contributed by atoms with Gasteiger partial charge in [0.25, 0.3) is 0 Å². The zero-order chi connectivity index (χ0) is 19.2. The first kappa shape index (κ1) is 18.2. The number of esters is 2. The van der Waals surface area contributed by atoms with Gasteiger partial charge in [0, 0.05) is 30.1 Å². The van der Waals surface area contributed by atoms with E-state index >= 15 is 0 Å². The van der Waals surface area contributed by atoms with Gasteiger partial charge < -0.3 is 14.2 Å². The van der Waals surface area contributed by atoms with Crippen molar-refractivity contribution in [1.82, 2.24) is 0 Å². The highest BCUT2D eigenvalue weighted by molar-refractivity contribution is 6.00. The summed E-state index contributed by atoms with van der Waals surface area (Å²) in [5.74, 6) is -1.41. The van der Waals surface area contributed by atoms with Gasteiger partial charge in [-0.1, -0.05) is 19.2 Å². The molecule has 3 aliphatic rings. The average molecular weight is 358 g/mol. The lowest BCUT2D eigenvalue weighted by Gasteiger charge is -2.31. The SMILES string of the molecule is C=C1C[C@@H]2OC(=O)C(=C)[C@H]2[C@@H](OC(=O)/C(C)=C/C)C[C@@]2(C)OC1=CC2=O. The Morgan fingerprint density at radius 1 is 1.38 bits per heavy atom. The van der Waals surface area contributed by atoms with Crippen LogP contribution in [0, 0.1) is 5.92 Å². The van der Waals surface area contributed by atoms with Crippen molar-refractivity contribution in [1.29, 1.82) is 0 Å². The second kappa shape index (κ2) is 6.27. The van der Waals surface area contributed by atoms with Crippen LogP contribution in [-0.2, 0) is 28.6 Å². The molecule has 26 heavy (non-hydrogen) atoms. The molecule has 4 atom stereocenters. The van der Waals surface area contributed by atoms with Crippen molar-refractivity contribution < 1.29 is 28.6 Å². The van der Waals surface area contributed by atoms with E-state index in [9.17, 15) is 14.4 Å². The minimum Gasteiger partial charge on any atom is -0.479 e. The molecule has 0 amide bonds. The first-order valence-corrected chi connectivity index (χ1v) is 8.53. The zero-order valence-corrected chi connectivity index (χ0v) is 15.2. The minimum atomic E-state index is -1.19. The summed E-state index contributed by atoms with van der Waals surface area (Å²) in [6.45, 7) is 12.8. The molecule has 0 aromatic carbocycles. The van der Waals surface area contributed by atoms with E-state index in [0.29, 0.717) is 16.9 Å². The number of ketones is 1. The summed E-state index contributed by atoms with van der Waals surface area (Å²) in [4.78, 5) is 36.9. The van der Waals surface area contributed by atoms with Gasteiger partial charge in [0.2, 0.25) is 5.78 Å². The maximum absolute atomic E-state index is 12.5. The van der Waals surface area contributed by atoms with Gasteiger partial charge in [-0.05, 0) is 26.3 Å². The predicted molar refractivity (Wildman–Crippen MR) is 92.8 cm³/mol. The number of carbonyl (C=O) groups excluding carboxylic acids is 3. The van der Waals surface area contributed by atoms with E-state index in [1.165, 1.54) is 6.08 Å². The highest BCUT2D eigenvalue weighted by Crippen LogP contribution is 2.44. The number of ether oxygens (including phenoxy) is 3. The standard InChI is InChI=1S/C20H22O6/c1-6-10(2)18(22)25-15-9-20(5)16(21)8-13(26-20)11(3)7-14-17(15)12(4)19(23)24-14/h6,8,14-15,17H,3-4,7,9H2,1-2,5H3/b10-6+/t14-,15-,17+,20+/m0/s1. The van der Waals surface area contributed by atoms with Crippen molar-refractivity contribution in [2.45, 2.75) is 51.4 Å². The highest BCUT2D eigenvalue weighted by atomic mass is 16.6. The third kappa shape index (κ3) is 2.89. The fourth-order valence-electron chi connectivity index (χ4n) is 3.51. The lowest BCUT2D eigenvalue weighted by atomic mass is 9.81. The van der Waals surface area contributed by atoms with Crippen LogP contribution >= 0.6 is 0 Å². The Morgan fingerprint density at radius 2 is 2.08 bits per heavy atom. The van der Waals surface area contributed by atoms with Crippen LogP contribution in [0.2, 0.25) is 0 Å². The van der Waals surface area contributed by atoms with E-state index in [1.807, 2.05) is 0 Å². The first-order valence-electron chi connectivity index (χ1n) is 8.53. The molecule has 0 radical (unpaired) electrons. The molecule has 0 aliphatic carbocycles. The first-order chi connectivity index (χ1) is 12.2. The van der Waals surface area contributed by atoms with Gasteiger partial charge in [-0.2, -0.15) is 0 Å². The van der Waals surface area contributed by atoms with E-state index in [0.717, 1.165) is 0 Å². The van der Waals surface area contributed by atoms with Crippen LogP contribution in [0.4, 0.5) is 0 Å². The molecule has 0 aromatic heterocycles. The summed E-state index contributed by atoms with van der Waals surface area (Å²) in [6.07, 6.45) is 2.08. The number of hydrogen-bond donors (Lipinski definition) is 0. The average Bonchev–Trinajstić information content (AvgIpc) is 3.03. The van der Waals surface area contributed by atoms with Crippen molar-refractivity contribution in [2.24, 2.45) is 5.92 Å². The molecule has 2 fully saturated rings. The summed E-state index contributed by atoms with van der Waals surface area (Å²) in [5, 5.41) is 0. The third-order valence-corrected chi connectivity index (χ3v) is 5.24. The molecule has 0 spiro atoms. The Labute approximate surface area is 152 Å². The van der Waals surface area contributed by atoms with Crippen LogP contribution < -0.4 is 0 Å². The van der Waals surface area contributed by atoms with Gasteiger partial charge in [-0.15, -0.1) is 0 Å². The Morgan fingerprint density at radius 3 is 2.73 bits per heavy atom. The van der Waals surface area contributed by atoms with Crippen molar-refractivity contribution in [3.63, 3.8) is 0 Å². The van der Waals surface area contributed by atoms with Crippen molar-refractivity contribution in [3.8, 4) is 0 Å². The van der Waals surface area contributed by atoms with Gasteiger partial charge in [0.15, 0.2) is 5.60 Å². The summed E-state index contributed by atoms with van der Waals surface area (Å²) in [5.41, 5.74) is 0.0514. The van der Waals surface area contributed by atoms with E-state index < -0.39 is 35.7 Å². The third-order valence-electron chi connectivity index (χ3n) is 5.24. The molecule has 6 heteroatoms. The molecule has 138 valence electrons. The summed E-state index contributed by atoms with van der Waals surface area (Å²) in [6, 6.07) is 0. The molecule has 0 N–H and O–H groups in total. The topological polar surface area (TPSA) is 78.9 Å². The number of rotatable bonds is 2. The second-order valence-corrected chi connectivity index (χ2v) is 7.13. The number of allylic oxidation sites excluding steroid dienone is 2.